The molecule has 0 saturated heterocycles. The number of nitrogens with zero attached hydrogens (tertiary/aromatic N) is 2. The Labute approximate surface area is 95.9 Å². The number of aromatic nitrogens is 3. The van der Waals surface area contributed by atoms with Crippen LogP contribution in [0.3, 0.4) is 0 Å². The first-order chi connectivity index (χ1) is 7.12. The Bertz CT molecular complexity index is 396. The summed E-state index contributed by atoms with van der Waals surface area (Å²) in [5, 5.41) is 7.33. The van der Waals surface area contributed by atoms with Gasteiger partial charge in [-0.3, -0.25) is 9.67 Å². The fourth-order valence-corrected chi connectivity index (χ4v) is 2.37. The quantitative estimate of drug-likeness (QED) is 0.797. The molecule has 3 nitrogen and oxygen atoms in total. The summed E-state index contributed by atoms with van der Waals surface area (Å²) in [5.41, 5.74) is 0.127. The van der Waals surface area contributed by atoms with Gasteiger partial charge >= 0.3 is 0 Å². The molecule has 1 saturated carbocycles. The van der Waals surface area contributed by atoms with E-state index < -0.39 is 0 Å². The topological polar surface area (TPSA) is 33.6 Å². The summed E-state index contributed by atoms with van der Waals surface area (Å²) in [4.78, 5) is 0. The third kappa shape index (κ3) is 1.75. The molecule has 1 aromatic rings. The van der Waals surface area contributed by atoms with Crippen molar-refractivity contribution in [2.24, 2.45) is 0 Å². The zero-order valence-electron chi connectivity index (χ0n) is 9.71. The molecule has 1 aromatic heterocycles. The molecule has 1 aliphatic rings. The maximum Gasteiger partial charge on any atom is 0.195 e. The van der Waals surface area contributed by atoms with Gasteiger partial charge in [0.1, 0.15) is 5.82 Å². The molecule has 1 N–H and O–H groups in total. The summed E-state index contributed by atoms with van der Waals surface area (Å²) < 4.78 is 3.03. The van der Waals surface area contributed by atoms with Crippen molar-refractivity contribution in [3.63, 3.8) is 0 Å². The van der Waals surface area contributed by atoms with Gasteiger partial charge in [0.25, 0.3) is 0 Å². The number of hydrogen-bond donors (Lipinski definition) is 1. The van der Waals surface area contributed by atoms with Crippen LogP contribution < -0.4 is 0 Å². The normalized spacial score (nSPS) is 17.0. The van der Waals surface area contributed by atoms with Crippen LogP contribution in [-0.2, 0) is 5.54 Å². The molecule has 15 heavy (non-hydrogen) atoms. The smallest absolute Gasteiger partial charge is 0.195 e. The summed E-state index contributed by atoms with van der Waals surface area (Å²) in [6.45, 7) is 6.70. The van der Waals surface area contributed by atoms with Crippen molar-refractivity contribution in [2.75, 3.05) is 0 Å². The molecule has 2 rings (SSSR count). The molecule has 84 valence electrons. The first-order valence-corrected chi connectivity index (χ1v) is 6.21. The summed E-state index contributed by atoms with van der Waals surface area (Å²) in [5.74, 6) is 1.82. The molecule has 1 aliphatic carbocycles. The second kappa shape index (κ2) is 3.74. The van der Waals surface area contributed by atoms with E-state index in [2.05, 4.69) is 35.5 Å². The molecule has 0 unspecified atom stereocenters. The van der Waals surface area contributed by atoms with E-state index in [-0.39, 0.29) is 5.54 Å². The highest BCUT2D eigenvalue weighted by molar-refractivity contribution is 7.71. The van der Waals surface area contributed by atoms with Gasteiger partial charge in [0.2, 0.25) is 0 Å². The molecule has 0 aromatic carbocycles. The average molecular weight is 225 g/mol. The molecule has 0 bridgehead atoms. The van der Waals surface area contributed by atoms with Crippen LogP contribution in [0, 0.1) is 4.77 Å². The van der Waals surface area contributed by atoms with E-state index in [0.29, 0.717) is 5.92 Å². The van der Waals surface area contributed by atoms with Crippen LogP contribution >= 0.6 is 12.2 Å². The lowest BCUT2D eigenvalue weighted by atomic mass is 9.95. The van der Waals surface area contributed by atoms with Gasteiger partial charge in [0.05, 0.1) is 0 Å². The van der Waals surface area contributed by atoms with Gasteiger partial charge in [0, 0.05) is 11.5 Å². The summed E-state index contributed by atoms with van der Waals surface area (Å²) in [7, 11) is 0. The SMILES string of the molecule is CCC(C)(CC)n1c(C2CC2)n[nH]c1=S. The highest BCUT2D eigenvalue weighted by Gasteiger charge is 2.34. The molecule has 4 heteroatoms. The number of rotatable bonds is 4. The highest BCUT2D eigenvalue weighted by atomic mass is 32.1. The van der Waals surface area contributed by atoms with Crippen LogP contribution in [0.25, 0.3) is 0 Å². The van der Waals surface area contributed by atoms with E-state index in [4.69, 9.17) is 12.2 Å². The predicted molar refractivity (Wildman–Crippen MR) is 63.6 cm³/mol. The monoisotopic (exact) mass is 225 g/mol. The first kappa shape index (κ1) is 10.9. The number of aromatic amines is 1. The number of H-pyrrole nitrogens is 1. The van der Waals surface area contributed by atoms with E-state index >= 15 is 0 Å². The van der Waals surface area contributed by atoms with E-state index in [9.17, 15) is 0 Å². The maximum absolute atomic E-state index is 5.35. The van der Waals surface area contributed by atoms with Crippen LogP contribution in [0.4, 0.5) is 0 Å². The number of hydrogen-bond acceptors (Lipinski definition) is 2. The fourth-order valence-electron chi connectivity index (χ4n) is 2.01. The van der Waals surface area contributed by atoms with Crippen molar-refractivity contribution < 1.29 is 0 Å². The second-order valence-corrected chi connectivity index (χ2v) is 5.09. The molecular formula is C11H19N3S. The van der Waals surface area contributed by atoms with E-state index in [1.165, 1.54) is 18.7 Å². The lowest BCUT2D eigenvalue weighted by molar-refractivity contribution is 0.281. The minimum absolute atomic E-state index is 0.127. The van der Waals surface area contributed by atoms with Gasteiger partial charge < -0.3 is 0 Å². The van der Waals surface area contributed by atoms with Crippen molar-refractivity contribution in [1.82, 2.24) is 14.8 Å². The van der Waals surface area contributed by atoms with Crippen molar-refractivity contribution >= 4 is 12.2 Å². The van der Waals surface area contributed by atoms with Crippen LogP contribution in [0.1, 0.15) is 58.2 Å². The minimum Gasteiger partial charge on any atom is -0.298 e. The summed E-state index contributed by atoms with van der Waals surface area (Å²) >= 11 is 5.35. The van der Waals surface area contributed by atoms with Gasteiger partial charge in [-0.25, -0.2) is 0 Å². The van der Waals surface area contributed by atoms with Crippen LogP contribution in [0.15, 0.2) is 0 Å². The number of nitrogens with one attached hydrogen (secondary N) is 1. The van der Waals surface area contributed by atoms with Gasteiger partial charge in [-0.15, -0.1) is 0 Å². The molecule has 0 aliphatic heterocycles. The first-order valence-electron chi connectivity index (χ1n) is 5.80. The molecule has 0 amide bonds. The highest BCUT2D eigenvalue weighted by Crippen LogP contribution is 2.41. The van der Waals surface area contributed by atoms with Gasteiger partial charge in [-0.05, 0) is 44.8 Å². The van der Waals surface area contributed by atoms with Gasteiger partial charge in [0.15, 0.2) is 4.77 Å². The Kier molecular flexibility index (Phi) is 2.71. The van der Waals surface area contributed by atoms with Gasteiger partial charge in [-0.2, -0.15) is 5.10 Å². The van der Waals surface area contributed by atoms with E-state index in [1.807, 2.05) is 0 Å². The Morgan fingerprint density at radius 3 is 2.53 bits per heavy atom. The molecule has 1 fully saturated rings. The van der Waals surface area contributed by atoms with E-state index in [0.717, 1.165) is 17.6 Å². The largest absolute Gasteiger partial charge is 0.298 e. The molecule has 0 atom stereocenters. The zero-order valence-corrected chi connectivity index (χ0v) is 10.5. The summed E-state index contributed by atoms with van der Waals surface area (Å²) in [6.07, 6.45) is 4.72. The standard InChI is InChI=1S/C11H19N3S/c1-4-11(3,5-2)14-9(8-6-7-8)12-13-10(14)15/h8H,4-7H2,1-3H3,(H,13,15). The van der Waals surface area contributed by atoms with Crippen molar-refractivity contribution in [2.45, 2.75) is 57.9 Å². The molecular weight excluding hydrogens is 206 g/mol. The lowest BCUT2D eigenvalue weighted by Gasteiger charge is -2.29. The predicted octanol–water partition coefficient (Wildman–Crippen LogP) is 3.35. The van der Waals surface area contributed by atoms with E-state index in [1.54, 1.807) is 0 Å². The van der Waals surface area contributed by atoms with Crippen LogP contribution in [0.5, 0.6) is 0 Å². The summed E-state index contributed by atoms with van der Waals surface area (Å²) in [6, 6.07) is 0. The maximum atomic E-state index is 5.35. The lowest BCUT2D eigenvalue weighted by Crippen LogP contribution is -2.30. The Balaban J connectivity index is 2.49. The third-order valence-electron chi connectivity index (χ3n) is 3.70. The zero-order chi connectivity index (χ0) is 11.1. The van der Waals surface area contributed by atoms with Crippen molar-refractivity contribution in [1.29, 1.82) is 0 Å². The molecule has 1 heterocycles. The molecule has 0 radical (unpaired) electrons. The Morgan fingerprint density at radius 2 is 2.07 bits per heavy atom. The third-order valence-corrected chi connectivity index (χ3v) is 3.98. The minimum atomic E-state index is 0.127. The second-order valence-electron chi connectivity index (χ2n) is 4.70. The fraction of sp³-hybridized carbons (Fsp3) is 0.818. The van der Waals surface area contributed by atoms with Crippen molar-refractivity contribution in [3.05, 3.63) is 10.6 Å². The van der Waals surface area contributed by atoms with Crippen LogP contribution in [0.2, 0.25) is 0 Å². The Morgan fingerprint density at radius 1 is 1.47 bits per heavy atom. The Hall–Kier alpha value is -0.640. The average Bonchev–Trinajstić information content (AvgIpc) is 3.01. The molecule has 0 spiro atoms. The van der Waals surface area contributed by atoms with Crippen molar-refractivity contribution in [3.8, 4) is 0 Å². The van der Waals surface area contributed by atoms with Crippen LogP contribution in [-0.4, -0.2) is 14.8 Å². The van der Waals surface area contributed by atoms with Gasteiger partial charge in [-0.1, -0.05) is 13.8 Å².